The van der Waals surface area contributed by atoms with Gasteiger partial charge < -0.3 is 24.6 Å². The molecular formula is C45H35ClF10N8O2. The lowest BCUT2D eigenvalue weighted by Crippen LogP contribution is -2.38. The number of halogens is 11. The molecule has 2 fully saturated rings. The van der Waals surface area contributed by atoms with Gasteiger partial charge in [0.15, 0.2) is 5.82 Å². The Hall–Kier alpha value is -6.38. The highest BCUT2D eigenvalue weighted by Gasteiger charge is 2.33. The van der Waals surface area contributed by atoms with Crippen molar-refractivity contribution in [2.24, 2.45) is 0 Å². The van der Waals surface area contributed by atoms with Crippen LogP contribution in [0, 0.1) is 37.1 Å². The molecular weight excluding hydrogens is 910 g/mol. The lowest BCUT2D eigenvalue weighted by atomic mass is 10.0. The van der Waals surface area contributed by atoms with Gasteiger partial charge in [-0.25, -0.2) is 32.5 Å². The van der Waals surface area contributed by atoms with E-state index in [0.29, 0.717) is 87.0 Å². The first-order valence-corrected chi connectivity index (χ1v) is 20.5. The van der Waals surface area contributed by atoms with Gasteiger partial charge in [0.05, 0.1) is 87.9 Å². The molecule has 9 rings (SSSR count). The standard InChI is InChI=1S/C29H27F5N6O2.C16H8ClF5N2/c1-17-26(18-2-3-24(35-15-18)29(32,33)34)37-22-13-19(30)12-21(31)25(22)27(17)38-23-14-20(39-4-8-41-9-5-39)16-36-28(23)40-6-10-42-11-7-40;1-7-14(17)13-10(19)4-9(18)5-11(13)24-15(7)8-2-3-12(23-6-8)16(20,21)22/h2-3,12-16H,4-11H2,1H3,(H,37,38);2-6H,1H3. The topological polar surface area (TPSA) is 101 Å². The van der Waals surface area contributed by atoms with Crippen molar-refractivity contribution in [2.75, 3.05) is 67.7 Å². The number of aromatic nitrogens is 5. The number of benzene rings is 2. The van der Waals surface area contributed by atoms with Crippen LogP contribution < -0.4 is 15.1 Å². The second-order valence-corrected chi connectivity index (χ2v) is 15.5. The molecule has 0 amide bonds. The Bertz CT molecular complexity index is 2930. The maximum Gasteiger partial charge on any atom is 0.433 e. The molecule has 7 aromatic rings. The minimum Gasteiger partial charge on any atom is -0.378 e. The Kier molecular flexibility index (Phi) is 12.9. The van der Waals surface area contributed by atoms with Crippen LogP contribution in [-0.2, 0) is 21.8 Å². The van der Waals surface area contributed by atoms with Crippen LogP contribution in [-0.4, -0.2) is 77.5 Å². The SMILES string of the molecule is Cc1c(-c2ccc(C(F)(F)F)nc2)nc2cc(F)cc(F)c2c1Cl.Cc1c(-c2ccc(C(F)(F)F)nc2)nc2cc(F)cc(F)c2c1Nc1cc(N2CCOCC2)cnc1N1CCOCC1. The third-order valence-corrected chi connectivity index (χ3v) is 11.3. The molecule has 0 radical (unpaired) electrons. The molecule has 10 nitrogen and oxygen atoms in total. The number of rotatable bonds is 6. The normalized spacial score (nSPS) is 14.7. The molecule has 5 aromatic heterocycles. The van der Waals surface area contributed by atoms with E-state index in [-0.39, 0.29) is 49.3 Å². The van der Waals surface area contributed by atoms with Crippen LogP contribution in [0.25, 0.3) is 44.3 Å². The van der Waals surface area contributed by atoms with E-state index in [4.69, 9.17) is 26.1 Å². The van der Waals surface area contributed by atoms with Gasteiger partial charge in [-0.2, -0.15) is 26.3 Å². The van der Waals surface area contributed by atoms with E-state index in [0.717, 1.165) is 48.4 Å². The summed E-state index contributed by atoms with van der Waals surface area (Å²) < 4.78 is 145. The summed E-state index contributed by atoms with van der Waals surface area (Å²) in [6, 6.07) is 9.58. The number of morpholine rings is 2. The molecule has 2 saturated heterocycles. The van der Waals surface area contributed by atoms with Gasteiger partial charge in [0.2, 0.25) is 0 Å². The predicted octanol–water partition coefficient (Wildman–Crippen LogP) is 11.3. The van der Waals surface area contributed by atoms with E-state index in [1.54, 1.807) is 20.0 Å². The van der Waals surface area contributed by atoms with Crippen molar-refractivity contribution in [1.29, 1.82) is 0 Å². The molecule has 0 spiro atoms. The van der Waals surface area contributed by atoms with E-state index in [9.17, 15) is 39.5 Å². The van der Waals surface area contributed by atoms with E-state index in [2.05, 4.69) is 35.1 Å². The smallest absolute Gasteiger partial charge is 0.378 e. The average Bonchev–Trinajstić information content (AvgIpc) is 3.28. The quantitative estimate of drug-likeness (QED) is 0.162. The molecule has 0 atom stereocenters. The maximum atomic E-state index is 15.4. The highest BCUT2D eigenvalue weighted by Crippen LogP contribution is 2.41. The largest absolute Gasteiger partial charge is 0.433 e. The van der Waals surface area contributed by atoms with Gasteiger partial charge in [0, 0.05) is 74.0 Å². The van der Waals surface area contributed by atoms with Gasteiger partial charge in [-0.15, -0.1) is 0 Å². The monoisotopic (exact) mass is 944 g/mol. The van der Waals surface area contributed by atoms with E-state index >= 15 is 4.39 Å². The Morgan fingerprint density at radius 3 is 1.58 bits per heavy atom. The summed E-state index contributed by atoms with van der Waals surface area (Å²) in [5.74, 6) is -2.72. The average molecular weight is 945 g/mol. The lowest BCUT2D eigenvalue weighted by molar-refractivity contribution is -0.141. The molecule has 0 unspecified atom stereocenters. The van der Waals surface area contributed by atoms with Crippen molar-refractivity contribution in [3.8, 4) is 22.5 Å². The summed E-state index contributed by atoms with van der Waals surface area (Å²) in [7, 11) is 0. The van der Waals surface area contributed by atoms with Gasteiger partial charge >= 0.3 is 12.4 Å². The fraction of sp³-hybridized carbons (Fsp3) is 0.267. The van der Waals surface area contributed by atoms with Crippen molar-refractivity contribution in [3.05, 3.63) is 124 Å². The van der Waals surface area contributed by atoms with Crippen molar-refractivity contribution >= 4 is 56.3 Å². The maximum absolute atomic E-state index is 15.4. The van der Waals surface area contributed by atoms with Gasteiger partial charge in [-0.05, 0) is 55.3 Å². The van der Waals surface area contributed by atoms with Crippen molar-refractivity contribution in [3.63, 3.8) is 0 Å². The third kappa shape index (κ3) is 9.61. The second kappa shape index (κ2) is 18.5. The fourth-order valence-corrected chi connectivity index (χ4v) is 7.86. The number of ether oxygens (including phenoxy) is 2. The summed E-state index contributed by atoms with van der Waals surface area (Å²) in [5.41, 5.74) is 1.35. The number of alkyl halides is 6. The Balaban J connectivity index is 0.000000209. The lowest BCUT2D eigenvalue weighted by Gasteiger charge is -2.32. The fourth-order valence-electron chi connectivity index (χ4n) is 7.58. The first-order chi connectivity index (χ1) is 31.4. The Morgan fingerprint density at radius 1 is 0.591 bits per heavy atom. The van der Waals surface area contributed by atoms with Crippen molar-refractivity contribution in [1.82, 2.24) is 24.9 Å². The summed E-state index contributed by atoms with van der Waals surface area (Å²) >= 11 is 6.14. The van der Waals surface area contributed by atoms with Crippen LogP contribution in [0.15, 0.2) is 73.2 Å². The van der Waals surface area contributed by atoms with Crippen LogP contribution in [0.1, 0.15) is 22.5 Å². The zero-order valence-electron chi connectivity index (χ0n) is 34.7. The summed E-state index contributed by atoms with van der Waals surface area (Å²) in [4.78, 5) is 24.5. The number of nitrogens with one attached hydrogen (secondary N) is 1. The molecule has 2 aliphatic heterocycles. The summed E-state index contributed by atoms with van der Waals surface area (Å²) in [6.07, 6.45) is -5.33. The zero-order valence-corrected chi connectivity index (χ0v) is 35.4. The minimum atomic E-state index is -4.61. The van der Waals surface area contributed by atoms with E-state index in [1.807, 2.05) is 6.07 Å². The first-order valence-electron chi connectivity index (χ1n) is 20.1. The van der Waals surface area contributed by atoms with Crippen LogP contribution in [0.2, 0.25) is 5.02 Å². The van der Waals surface area contributed by atoms with E-state index in [1.165, 1.54) is 12.1 Å². The molecule has 1 N–H and O–H groups in total. The first kappa shape index (κ1) is 46.2. The predicted molar refractivity (Wildman–Crippen MR) is 228 cm³/mol. The molecule has 0 saturated carbocycles. The number of hydrogen-bond acceptors (Lipinski definition) is 10. The van der Waals surface area contributed by atoms with Gasteiger partial charge in [-0.1, -0.05) is 11.6 Å². The van der Waals surface area contributed by atoms with Gasteiger partial charge in [0.1, 0.15) is 34.7 Å². The highest BCUT2D eigenvalue weighted by molar-refractivity contribution is 6.36. The molecule has 7 heterocycles. The number of hydrogen-bond donors (Lipinski definition) is 1. The zero-order chi connectivity index (χ0) is 47.1. The molecule has 21 heteroatoms. The molecule has 344 valence electrons. The van der Waals surface area contributed by atoms with Crippen LogP contribution in [0.3, 0.4) is 0 Å². The van der Waals surface area contributed by atoms with Crippen molar-refractivity contribution < 1.29 is 53.4 Å². The summed E-state index contributed by atoms with van der Waals surface area (Å²) in [6.45, 7) is 7.94. The molecule has 2 aliphatic rings. The highest BCUT2D eigenvalue weighted by atomic mass is 35.5. The van der Waals surface area contributed by atoms with Gasteiger partial charge in [0.25, 0.3) is 0 Å². The summed E-state index contributed by atoms with van der Waals surface area (Å²) in [5, 5.41) is 3.38. The molecule has 2 aromatic carbocycles. The van der Waals surface area contributed by atoms with E-state index < -0.39 is 47.0 Å². The molecule has 0 aliphatic carbocycles. The minimum absolute atomic E-state index is 0.000661. The third-order valence-electron chi connectivity index (χ3n) is 10.9. The van der Waals surface area contributed by atoms with Crippen LogP contribution in [0.4, 0.5) is 66.8 Å². The number of anilines is 4. The molecule has 0 bridgehead atoms. The van der Waals surface area contributed by atoms with Gasteiger partial charge in [-0.3, -0.25) is 9.97 Å². The number of pyridine rings is 5. The number of fused-ring (bicyclic) bond motifs is 2. The number of nitrogens with zero attached hydrogens (tertiary/aromatic N) is 7. The molecule has 66 heavy (non-hydrogen) atoms. The second-order valence-electron chi connectivity index (χ2n) is 15.2. The van der Waals surface area contributed by atoms with Crippen molar-refractivity contribution in [2.45, 2.75) is 26.2 Å². The van der Waals surface area contributed by atoms with Crippen LogP contribution in [0.5, 0.6) is 0 Å². The Labute approximate surface area is 374 Å². The Morgan fingerprint density at radius 2 is 1.08 bits per heavy atom. The van der Waals surface area contributed by atoms with Crippen LogP contribution >= 0.6 is 11.6 Å².